The van der Waals surface area contributed by atoms with Crippen molar-refractivity contribution < 1.29 is 0 Å². The molecule has 1 N–H and O–H groups in total. The van der Waals surface area contributed by atoms with Crippen LogP contribution in [0.15, 0.2) is 18.3 Å². The van der Waals surface area contributed by atoms with Gasteiger partial charge in [-0.1, -0.05) is 43.7 Å². The maximum atomic E-state index is 5.76. The van der Waals surface area contributed by atoms with Crippen molar-refractivity contribution >= 4 is 17.3 Å². The van der Waals surface area contributed by atoms with Crippen LogP contribution in [-0.2, 0) is 0 Å². The highest BCUT2D eigenvalue weighted by Gasteiger charge is 2.10. The van der Waals surface area contributed by atoms with Gasteiger partial charge in [0.15, 0.2) is 0 Å². The van der Waals surface area contributed by atoms with Crippen LogP contribution in [-0.4, -0.2) is 11.0 Å². The van der Waals surface area contributed by atoms with Gasteiger partial charge in [0.1, 0.15) is 5.15 Å². The van der Waals surface area contributed by atoms with E-state index in [1.807, 2.05) is 18.3 Å². The van der Waals surface area contributed by atoms with Crippen molar-refractivity contribution in [2.24, 2.45) is 0 Å². The van der Waals surface area contributed by atoms with Gasteiger partial charge < -0.3 is 5.32 Å². The second-order valence-electron chi connectivity index (χ2n) is 4.56. The van der Waals surface area contributed by atoms with E-state index in [0.29, 0.717) is 11.2 Å². The summed E-state index contributed by atoms with van der Waals surface area (Å²) in [7, 11) is 0. The zero-order valence-electron chi connectivity index (χ0n) is 9.58. The molecule has 0 saturated heterocycles. The molecule has 1 aliphatic rings. The zero-order valence-corrected chi connectivity index (χ0v) is 10.3. The average molecular weight is 239 g/mol. The number of hydrogen-bond donors (Lipinski definition) is 1. The molecular formula is C13H19ClN2. The number of nitrogens with zero attached hydrogens (tertiary/aromatic N) is 1. The third-order valence-corrected chi connectivity index (χ3v) is 3.43. The summed E-state index contributed by atoms with van der Waals surface area (Å²) in [5, 5.41) is 4.11. The largest absolute Gasteiger partial charge is 0.381 e. The molecule has 3 heteroatoms. The summed E-state index contributed by atoms with van der Waals surface area (Å²) in [4.78, 5) is 4.09. The van der Waals surface area contributed by atoms with Gasteiger partial charge in [-0.25, -0.2) is 4.98 Å². The van der Waals surface area contributed by atoms with Gasteiger partial charge in [0, 0.05) is 6.04 Å². The number of nitrogens with one attached hydrogen (secondary N) is 1. The molecule has 2 rings (SSSR count). The number of pyridine rings is 1. The first-order chi connectivity index (χ1) is 7.84. The van der Waals surface area contributed by atoms with Gasteiger partial charge in [0.05, 0.1) is 11.9 Å². The quantitative estimate of drug-likeness (QED) is 0.779. The molecule has 0 spiro atoms. The molecule has 0 radical (unpaired) electrons. The third kappa shape index (κ3) is 3.67. The Morgan fingerprint density at radius 3 is 2.38 bits per heavy atom. The van der Waals surface area contributed by atoms with Crippen molar-refractivity contribution in [2.45, 2.75) is 51.0 Å². The first-order valence-electron chi connectivity index (χ1n) is 6.23. The van der Waals surface area contributed by atoms with Crippen molar-refractivity contribution in [1.82, 2.24) is 4.98 Å². The predicted molar refractivity (Wildman–Crippen MR) is 69.0 cm³/mol. The Hall–Kier alpha value is -0.760. The fraction of sp³-hybridized carbons (Fsp3) is 0.615. The Morgan fingerprint density at radius 1 is 1.06 bits per heavy atom. The fourth-order valence-corrected chi connectivity index (χ4v) is 2.41. The van der Waals surface area contributed by atoms with Crippen molar-refractivity contribution in [3.8, 4) is 0 Å². The molecule has 0 unspecified atom stereocenters. The molecule has 1 aromatic rings. The Kier molecular flexibility index (Phi) is 4.46. The molecule has 0 aliphatic heterocycles. The van der Waals surface area contributed by atoms with Crippen LogP contribution in [0.1, 0.15) is 44.9 Å². The summed E-state index contributed by atoms with van der Waals surface area (Å²) in [5.74, 6) is 0. The maximum Gasteiger partial charge on any atom is 0.129 e. The van der Waals surface area contributed by atoms with E-state index in [2.05, 4.69) is 10.3 Å². The Morgan fingerprint density at radius 2 is 1.75 bits per heavy atom. The molecule has 16 heavy (non-hydrogen) atoms. The lowest BCUT2D eigenvalue weighted by Crippen LogP contribution is -2.20. The SMILES string of the molecule is Clc1ccc(NC2CCCCCCC2)cn1. The lowest BCUT2D eigenvalue weighted by molar-refractivity contribution is 0.471. The lowest BCUT2D eigenvalue weighted by atomic mass is 9.96. The van der Waals surface area contributed by atoms with Crippen LogP contribution in [0.2, 0.25) is 5.15 Å². The topological polar surface area (TPSA) is 24.9 Å². The summed E-state index contributed by atoms with van der Waals surface area (Å²) in [6.07, 6.45) is 11.3. The molecule has 1 fully saturated rings. The molecule has 1 saturated carbocycles. The van der Waals surface area contributed by atoms with Gasteiger partial charge in [-0.2, -0.15) is 0 Å². The van der Waals surface area contributed by atoms with E-state index in [4.69, 9.17) is 11.6 Å². The Bertz CT molecular complexity index is 302. The third-order valence-electron chi connectivity index (χ3n) is 3.20. The highest BCUT2D eigenvalue weighted by atomic mass is 35.5. The van der Waals surface area contributed by atoms with Crippen LogP contribution < -0.4 is 5.32 Å². The normalized spacial score (nSPS) is 18.8. The maximum absolute atomic E-state index is 5.76. The molecular weight excluding hydrogens is 220 g/mol. The molecule has 1 aliphatic carbocycles. The molecule has 0 amide bonds. The highest BCUT2D eigenvalue weighted by Crippen LogP contribution is 2.20. The molecule has 88 valence electrons. The van der Waals surface area contributed by atoms with Gasteiger partial charge in [-0.05, 0) is 25.0 Å². The van der Waals surface area contributed by atoms with Crippen molar-refractivity contribution in [1.29, 1.82) is 0 Å². The van der Waals surface area contributed by atoms with E-state index in [0.717, 1.165) is 5.69 Å². The van der Waals surface area contributed by atoms with Crippen LogP contribution in [0, 0.1) is 0 Å². The smallest absolute Gasteiger partial charge is 0.129 e. The van der Waals surface area contributed by atoms with E-state index >= 15 is 0 Å². The van der Waals surface area contributed by atoms with Gasteiger partial charge in [-0.15, -0.1) is 0 Å². The minimum atomic E-state index is 0.559. The first kappa shape index (κ1) is 11.7. The van der Waals surface area contributed by atoms with E-state index in [-0.39, 0.29) is 0 Å². The molecule has 1 aromatic heterocycles. The van der Waals surface area contributed by atoms with Crippen LogP contribution in [0.3, 0.4) is 0 Å². The monoisotopic (exact) mass is 238 g/mol. The van der Waals surface area contributed by atoms with Crippen LogP contribution in [0.25, 0.3) is 0 Å². The van der Waals surface area contributed by atoms with E-state index in [1.165, 1.54) is 44.9 Å². The molecule has 2 nitrogen and oxygen atoms in total. The minimum absolute atomic E-state index is 0.559. The standard InChI is InChI=1S/C13H19ClN2/c14-13-9-8-12(10-15-13)16-11-6-4-2-1-3-5-7-11/h8-11,16H,1-7H2. The summed E-state index contributed by atoms with van der Waals surface area (Å²) in [6, 6.07) is 4.46. The average Bonchev–Trinajstić information content (AvgIpc) is 2.25. The predicted octanol–water partition coefficient (Wildman–Crippen LogP) is 4.26. The number of rotatable bonds is 2. The first-order valence-corrected chi connectivity index (χ1v) is 6.60. The summed E-state index contributed by atoms with van der Waals surface area (Å²) >= 11 is 5.76. The van der Waals surface area contributed by atoms with Gasteiger partial charge >= 0.3 is 0 Å². The molecule has 0 atom stereocenters. The van der Waals surface area contributed by atoms with E-state index in [9.17, 15) is 0 Å². The zero-order chi connectivity index (χ0) is 11.2. The summed E-state index contributed by atoms with van der Waals surface area (Å²) < 4.78 is 0. The van der Waals surface area contributed by atoms with Crippen LogP contribution in [0.4, 0.5) is 5.69 Å². The van der Waals surface area contributed by atoms with Crippen molar-refractivity contribution in [3.63, 3.8) is 0 Å². The van der Waals surface area contributed by atoms with E-state index < -0.39 is 0 Å². The lowest BCUT2D eigenvalue weighted by Gasteiger charge is -2.21. The second-order valence-corrected chi connectivity index (χ2v) is 4.94. The van der Waals surface area contributed by atoms with Crippen molar-refractivity contribution in [3.05, 3.63) is 23.5 Å². The van der Waals surface area contributed by atoms with Gasteiger partial charge in [0.25, 0.3) is 0 Å². The minimum Gasteiger partial charge on any atom is -0.381 e. The van der Waals surface area contributed by atoms with Crippen LogP contribution >= 0.6 is 11.6 Å². The molecule has 1 heterocycles. The fourth-order valence-electron chi connectivity index (χ4n) is 2.30. The van der Waals surface area contributed by atoms with E-state index in [1.54, 1.807) is 0 Å². The number of aromatic nitrogens is 1. The Balaban J connectivity index is 1.89. The Labute approximate surface area is 102 Å². The highest BCUT2D eigenvalue weighted by molar-refractivity contribution is 6.29. The van der Waals surface area contributed by atoms with Gasteiger partial charge in [0.2, 0.25) is 0 Å². The molecule has 0 aromatic carbocycles. The van der Waals surface area contributed by atoms with Crippen LogP contribution in [0.5, 0.6) is 0 Å². The summed E-state index contributed by atoms with van der Waals surface area (Å²) in [6.45, 7) is 0. The molecule has 0 bridgehead atoms. The number of halogens is 1. The van der Waals surface area contributed by atoms with Gasteiger partial charge in [-0.3, -0.25) is 0 Å². The van der Waals surface area contributed by atoms with Crippen molar-refractivity contribution in [2.75, 3.05) is 5.32 Å². The second kappa shape index (κ2) is 6.09. The number of hydrogen-bond acceptors (Lipinski definition) is 2. The number of anilines is 1. The summed E-state index contributed by atoms with van der Waals surface area (Å²) in [5.41, 5.74) is 1.09.